The molecule has 0 saturated heterocycles. The molecule has 1 aromatic heterocycles. The van der Waals surface area contributed by atoms with Gasteiger partial charge in [0.05, 0.1) is 32.8 Å². The predicted molar refractivity (Wildman–Crippen MR) is 95.1 cm³/mol. The molecule has 0 aliphatic carbocycles. The van der Waals surface area contributed by atoms with Gasteiger partial charge >= 0.3 is 5.63 Å². The van der Waals surface area contributed by atoms with Crippen LogP contribution in [0.4, 0.5) is 0 Å². The highest BCUT2D eigenvalue weighted by molar-refractivity contribution is 5.60. The lowest BCUT2D eigenvalue weighted by Gasteiger charge is -2.26. The first-order valence-electron chi connectivity index (χ1n) is 7.97. The minimum atomic E-state index is -0.802. The van der Waals surface area contributed by atoms with Crippen LogP contribution in [0.3, 0.4) is 0 Å². The molecule has 2 aromatic rings. The van der Waals surface area contributed by atoms with E-state index >= 15 is 0 Å². The Balaban J connectivity index is 2.34. The molecule has 0 fully saturated rings. The summed E-state index contributed by atoms with van der Waals surface area (Å²) in [7, 11) is 4.44. The van der Waals surface area contributed by atoms with Crippen LogP contribution >= 0.6 is 0 Å². The second-order valence-electron chi connectivity index (χ2n) is 5.81. The molecule has 2 N–H and O–H groups in total. The van der Waals surface area contributed by atoms with Crippen LogP contribution in [0.5, 0.6) is 23.0 Å². The maximum absolute atomic E-state index is 12.6. The van der Waals surface area contributed by atoms with Crippen molar-refractivity contribution in [2.24, 2.45) is 5.73 Å². The third-order valence-corrected chi connectivity index (χ3v) is 4.28. The van der Waals surface area contributed by atoms with Crippen molar-refractivity contribution < 1.29 is 23.4 Å². The number of hydrogen-bond donors (Lipinski definition) is 1. The Kier molecular flexibility index (Phi) is 4.69. The van der Waals surface area contributed by atoms with Crippen LogP contribution in [0.25, 0.3) is 0 Å². The molecule has 0 unspecified atom stereocenters. The molecule has 1 atom stereocenters. The van der Waals surface area contributed by atoms with Gasteiger partial charge in [-0.1, -0.05) is 0 Å². The Labute approximate surface area is 155 Å². The number of nitriles is 1. The van der Waals surface area contributed by atoms with Gasteiger partial charge in [-0.05, 0) is 24.6 Å². The second kappa shape index (κ2) is 6.96. The molecule has 8 nitrogen and oxygen atoms in total. The molecular formula is C19H18N2O6. The standard InChI is InChI=1S/C19H18N2O6/c1-9-5-12-16(19(22)26-9)15(11(8-20)18(21)27-12)10-6-13(23-2)17(25-4)14(7-10)24-3/h5-7,15H,21H2,1-4H3/t15-/m1/s1. The van der Waals surface area contributed by atoms with Crippen molar-refractivity contribution in [3.63, 3.8) is 0 Å². The molecule has 0 radical (unpaired) electrons. The zero-order chi connectivity index (χ0) is 19.7. The number of allylic oxidation sites excluding steroid dienone is 1. The summed E-state index contributed by atoms with van der Waals surface area (Å²) in [5, 5.41) is 9.63. The Morgan fingerprint density at radius 3 is 2.26 bits per heavy atom. The van der Waals surface area contributed by atoms with Gasteiger partial charge in [0, 0.05) is 6.07 Å². The molecule has 0 saturated carbocycles. The maximum atomic E-state index is 12.6. The third-order valence-electron chi connectivity index (χ3n) is 4.28. The monoisotopic (exact) mass is 370 g/mol. The fraction of sp³-hybridized carbons (Fsp3) is 0.263. The number of ether oxygens (including phenoxy) is 4. The first-order valence-corrected chi connectivity index (χ1v) is 7.97. The van der Waals surface area contributed by atoms with E-state index in [4.69, 9.17) is 29.1 Å². The van der Waals surface area contributed by atoms with Gasteiger partial charge in [0.25, 0.3) is 0 Å². The number of rotatable bonds is 4. The summed E-state index contributed by atoms with van der Waals surface area (Å²) < 4.78 is 26.8. The number of nitrogens with two attached hydrogens (primary N) is 1. The van der Waals surface area contributed by atoms with E-state index in [-0.39, 0.29) is 22.8 Å². The first-order chi connectivity index (χ1) is 12.9. The molecular weight excluding hydrogens is 352 g/mol. The Bertz CT molecular complexity index is 1010. The molecule has 0 bridgehead atoms. The summed E-state index contributed by atoms with van der Waals surface area (Å²) >= 11 is 0. The van der Waals surface area contributed by atoms with Crippen molar-refractivity contribution in [2.75, 3.05) is 21.3 Å². The van der Waals surface area contributed by atoms with Gasteiger partial charge < -0.3 is 29.1 Å². The van der Waals surface area contributed by atoms with Crippen molar-refractivity contribution in [1.29, 1.82) is 5.26 Å². The quantitative estimate of drug-likeness (QED) is 0.870. The van der Waals surface area contributed by atoms with E-state index in [2.05, 4.69) is 0 Å². The lowest BCUT2D eigenvalue weighted by atomic mass is 9.84. The fourth-order valence-corrected chi connectivity index (χ4v) is 3.12. The molecule has 0 amide bonds. The number of fused-ring (bicyclic) bond motifs is 1. The van der Waals surface area contributed by atoms with Crippen LogP contribution in [0, 0.1) is 18.3 Å². The molecule has 8 heteroatoms. The molecule has 2 heterocycles. The van der Waals surface area contributed by atoms with E-state index in [1.165, 1.54) is 21.3 Å². The summed E-state index contributed by atoms with van der Waals surface area (Å²) in [5.41, 5.74) is 6.15. The second-order valence-corrected chi connectivity index (χ2v) is 5.81. The summed E-state index contributed by atoms with van der Waals surface area (Å²) in [6.45, 7) is 1.62. The lowest BCUT2D eigenvalue weighted by Crippen LogP contribution is -2.26. The van der Waals surface area contributed by atoms with Crippen molar-refractivity contribution in [3.8, 4) is 29.1 Å². The summed E-state index contributed by atoms with van der Waals surface area (Å²) in [4.78, 5) is 12.6. The number of methoxy groups -OCH3 is 3. The molecule has 3 rings (SSSR count). The third kappa shape index (κ3) is 2.93. The van der Waals surface area contributed by atoms with E-state index in [9.17, 15) is 10.1 Å². The number of hydrogen-bond acceptors (Lipinski definition) is 8. The molecule has 0 spiro atoms. The van der Waals surface area contributed by atoms with Gasteiger partial charge in [-0.25, -0.2) is 4.79 Å². The van der Waals surface area contributed by atoms with Crippen LogP contribution in [0.1, 0.15) is 22.8 Å². The van der Waals surface area contributed by atoms with Crippen molar-refractivity contribution in [1.82, 2.24) is 0 Å². The summed E-state index contributed by atoms with van der Waals surface area (Å²) in [6, 6.07) is 6.90. The highest BCUT2D eigenvalue weighted by atomic mass is 16.5. The van der Waals surface area contributed by atoms with Gasteiger partial charge in [0.1, 0.15) is 23.2 Å². The van der Waals surface area contributed by atoms with Crippen LogP contribution in [0.2, 0.25) is 0 Å². The predicted octanol–water partition coefficient (Wildman–Crippen LogP) is 2.19. The van der Waals surface area contributed by atoms with Crippen molar-refractivity contribution >= 4 is 0 Å². The average Bonchev–Trinajstić information content (AvgIpc) is 2.65. The van der Waals surface area contributed by atoms with Crippen molar-refractivity contribution in [3.05, 3.63) is 57.0 Å². The Hall–Kier alpha value is -3.60. The fourth-order valence-electron chi connectivity index (χ4n) is 3.12. The highest BCUT2D eigenvalue weighted by Gasteiger charge is 2.35. The zero-order valence-corrected chi connectivity index (χ0v) is 15.3. The number of nitrogens with zero attached hydrogens (tertiary/aromatic N) is 1. The number of aryl methyl sites for hydroxylation is 1. The van der Waals surface area contributed by atoms with E-state index in [0.29, 0.717) is 28.6 Å². The van der Waals surface area contributed by atoms with E-state index < -0.39 is 11.5 Å². The van der Waals surface area contributed by atoms with Crippen molar-refractivity contribution in [2.45, 2.75) is 12.8 Å². The van der Waals surface area contributed by atoms with E-state index in [0.717, 1.165) is 0 Å². The van der Waals surface area contributed by atoms with Gasteiger partial charge in [0.2, 0.25) is 11.6 Å². The number of benzene rings is 1. The molecule has 1 aliphatic heterocycles. The van der Waals surface area contributed by atoms with Gasteiger partial charge in [0.15, 0.2) is 11.5 Å². The summed E-state index contributed by atoms with van der Waals surface area (Å²) in [5.74, 6) is 0.898. The molecule has 1 aliphatic rings. The lowest BCUT2D eigenvalue weighted by molar-refractivity contribution is 0.323. The minimum Gasteiger partial charge on any atom is -0.493 e. The van der Waals surface area contributed by atoms with Crippen LogP contribution in [-0.4, -0.2) is 21.3 Å². The van der Waals surface area contributed by atoms with Gasteiger partial charge in [-0.15, -0.1) is 0 Å². The topological polar surface area (TPSA) is 117 Å². The maximum Gasteiger partial charge on any atom is 0.343 e. The van der Waals surface area contributed by atoms with E-state index in [1.54, 1.807) is 25.1 Å². The van der Waals surface area contributed by atoms with Gasteiger partial charge in [-0.2, -0.15) is 5.26 Å². The van der Waals surface area contributed by atoms with Crippen LogP contribution in [-0.2, 0) is 0 Å². The minimum absolute atomic E-state index is 0.0752. The first kappa shape index (κ1) is 18.2. The molecule has 1 aromatic carbocycles. The Morgan fingerprint density at radius 1 is 1.11 bits per heavy atom. The highest BCUT2D eigenvalue weighted by Crippen LogP contribution is 2.46. The normalized spacial score (nSPS) is 15.4. The Morgan fingerprint density at radius 2 is 1.74 bits per heavy atom. The molecule has 27 heavy (non-hydrogen) atoms. The van der Waals surface area contributed by atoms with Gasteiger partial charge in [-0.3, -0.25) is 0 Å². The van der Waals surface area contributed by atoms with Crippen LogP contribution < -0.4 is 30.3 Å². The smallest absolute Gasteiger partial charge is 0.343 e. The van der Waals surface area contributed by atoms with Crippen LogP contribution in [0.15, 0.2) is 38.9 Å². The SMILES string of the molecule is COc1cc([C@@H]2C(C#N)=C(N)Oc3cc(C)oc(=O)c32)cc(OC)c1OC. The largest absolute Gasteiger partial charge is 0.493 e. The average molecular weight is 370 g/mol. The zero-order valence-electron chi connectivity index (χ0n) is 15.3. The van der Waals surface area contributed by atoms with E-state index in [1.807, 2.05) is 6.07 Å². The summed E-state index contributed by atoms with van der Waals surface area (Å²) in [6.07, 6.45) is 0. The molecule has 140 valence electrons.